The van der Waals surface area contributed by atoms with Crippen LogP contribution in [-0.2, 0) is 14.8 Å². The number of aryl methyl sites for hydroxylation is 1. The Hall–Kier alpha value is -2.58. The van der Waals surface area contributed by atoms with Gasteiger partial charge in [0.15, 0.2) is 6.61 Å². The maximum absolute atomic E-state index is 12.4. The van der Waals surface area contributed by atoms with Gasteiger partial charge in [0, 0.05) is 6.04 Å². The molecule has 150 valence electrons. The Kier molecular flexibility index (Phi) is 5.90. The van der Waals surface area contributed by atoms with E-state index in [1.165, 1.54) is 25.3 Å². The number of amides is 1. The number of hydrogen-bond acceptors (Lipinski definition) is 5. The zero-order chi connectivity index (χ0) is 20.3. The van der Waals surface area contributed by atoms with Gasteiger partial charge >= 0.3 is 0 Å². The van der Waals surface area contributed by atoms with E-state index in [-0.39, 0.29) is 23.2 Å². The van der Waals surface area contributed by atoms with Crippen LogP contribution in [0.2, 0.25) is 0 Å². The van der Waals surface area contributed by atoms with Crippen molar-refractivity contribution in [3.05, 3.63) is 47.5 Å². The van der Waals surface area contributed by atoms with E-state index in [4.69, 9.17) is 9.47 Å². The molecule has 28 heavy (non-hydrogen) atoms. The number of methoxy groups -OCH3 is 1. The van der Waals surface area contributed by atoms with E-state index in [1.54, 1.807) is 6.07 Å². The van der Waals surface area contributed by atoms with Crippen LogP contribution in [0.25, 0.3) is 0 Å². The van der Waals surface area contributed by atoms with Crippen molar-refractivity contribution in [3.63, 3.8) is 0 Å². The molecule has 1 aliphatic carbocycles. The molecule has 2 aromatic carbocycles. The number of rotatable bonds is 8. The Labute approximate surface area is 165 Å². The monoisotopic (exact) mass is 404 g/mol. The molecule has 1 aliphatic rings. The van der Waals surface area contributed by atoms with Crippen LogP contribution in [0.3, 0.4) is 0 Å². The van der Waals surface area contributed by atoms with Crippen LogP contribution in [0, 0.1) is 13.8 Å². The Morgan fingerprint density at radius 2 is 1.89 bits per heavy atom. The first kappa shape index (κ1) is 20.2. The molecule has 7 nitrogen and oxygen atoms in total. The summed E-state index contributed by atoms with van der Waals surface area (Å²) in [6.07, 6.45) is 1.68. The van der Waals surface area contributed by atoms with Crippen molar-refractivity contribution in [2.24, 2.45) is 0 Å². The third-order valence-electron chi connectivity index (χ3n) is 4.57. The van der Waals surface area contributed by atoms with E-state index in [0.29, 0.717) is 11.5 Å². The number of nitrogens with one attached hydrogen (secondary N) is 2. The number of carbonyl (C=O) groups excluding carboxylic acids is 1. The van der Waals surface area contributed by atoms with E-state index < -0.39 is 15.9 Å². The van der Waals surface area contributed by atoms with Crippen molar-refractivity contribution in [3.8, 4) is 11.5 Å². The second kappa shape index (κ2) is 8.20. The van der Waals surface area contributed by atoms with Gasteiger partial charge in [-0.3, -0.25) is 4.79 Å². The maximum atomic E-state index is 12.4. The molecular weight excluding hydrogens is 380 g/mol. The molecule has 0 saturated heterocycles. The SMILES string of the molecule is COc1ccc(S(=O)(=O)NC2CC2)cc1NC(=O)COc1cccc(C)c1C. The van der Waals surface area contributed by atoms with Gasteiger partial charge in [0.05, 0.1) is 17.7 Å². The van der Waals surface area contributed by atoms with E-state index in [0.717, 1.165) is 24.0 Å². The summed E-state index contributed by atoms with van der Waals surface area (Å²) in [5.74, 6) is 0.585. The highest BCUT2D eigenvalue weighted by Crippen LogP contribution is 2.29. The first-order valence-corrected chi connectivity index (χ1v) is 10.5. The molecule has 0 atom stereocenters. The summed E-state index contributed by atoms with van der Waals surface area (Å²) in [6, 6.07) is 9.98. The van der Waals surface area contributed by atoms with Crippen molar-refractivity contribution in [2.45, 2.75) is 37.6 Å². The lowest BCUT2D eigenvalue weighted by Crippen LogP contribution is -2.26. The van der Waals surface area contributed by atoms with Crippen LogP contribution < -0.4 is 19.5 Å². The van der Waals surface area contributed by atoms with E-state index >= 15 is 0 Å². The summed E-state index contributed by atoms with van der Waals surface area (Å²) >= 11 is 0. The summed E-state index contributed by atoms with van der Waals surface area (Å²) in [5, 5.41) is 2.67. The lowest BCUT2D eigenvalue weighted by Gasteiger charge is -2.14. The summed E-state index contributed by atoms with van der Waals surface area (Å²) in [5.41, 5.74) is 2.31. The topological polar surface area (TPSA) is 93.7 Å². The zero-order valence-corrected chi connectivity index (χ0v) is 16.9. The number of ether oxygens (including phenoxy) is 2. The van der Waals surface area contributed by atoms with Crippen LogP contribution in [0.1, 0.15) is 24.0 Å². The first-order valence-electron chi connectivity index (χ1n) is 8.99. The summed E-state index contributed by atoms with van der Waals surface area (Å²) in [4.78, 5) is 12.4. The van der Waals surface area contributed by atoms with Crippen molar-refractivity contribution in [2.75, 3.05) is 19.0 Å². The standard InChI is InChI=1S/C20H24N2O5S/c1-13-5-4-6-18(14(13)2)27-12-20(23)21-17-11-16(9-10-19(17)26-3)28(24,25)22-15-7-8-15/h4-6,9-11,15,22H,7-8,12H2,1-3H3,(H,21,23). The van der Waals surface area contributed by atoms with Gasteiger partial charge < -0.3 is 14.8 Å². The Bertz CT molecular complexity index is 984. The lowest BCUT2D eigenvalue weighted by molar-refractivity contribution is -0.118. The van der Waals surface area contributed by atoms with Crippen LogP contribution in [0.5, 0.6) is 11.5 Å². The van der Waals surface area contributed by atoms with Crippen molar-refractivity contribution >= 4 is 21.6 Å². The minimum Gasteiger partial charge on any atom is -0.495 e. The zero-order valence-electron chi connectivity index (χ0n) is 16.1. The normalized spacial score (nSPS) is 13.8. The number of benzene rings is 2. The van der Waals surface area contributed by atoms with Gasteiger partial charge in [-0.25, -0.2) is 13.1 Å². The van der Waals surface area contributed by atoms with Gasteiger partial charge in [-0.2, -0.15) is 0 Å². The van der Waals surface area contributed by atoms with Crippen LogP contribution >= 0.6 is 0 Å². The van der Waals surface area contributed by atoms with Gasteiger partial charge in [0.2, 0.25) is 10.0 Å². The molecule has 8 heteroatoms. The number of hydrogen-bond donors (Lipinski definition) is 2. The average molecular weight is 404 g/mol. The molecule has 0 bridgehead atoms. The molecule has 1 fully saturated rings. The molecule has 2 aromatic rings. The first-order chi connectivity index (χ1) is 13.3. The van der Waals surface area contributed by atoms with Crippen LogP contribution in [0.15, 0.2) is 41.3 Å². The lowest BCUT2D eigenvalue weighted by atomic mass is 10.1. The van der Waals surface area contributed by atoms with Crippen molar-refractivity contribution in [1.29, 1.82) is 0 Å². The quantitative estimate of drug-likeness (QED) is 0.706. The minimum absolute atomic E-state index is 0.00360. The molecule has 2 N–H and O–H groups in total. The molecule has 0 heterocycles. The summed E-state index contributed by atoms with van der Waals surface area (Å²) < 4.78 is 38.3. The van der Waals surface area contributed by atoms with Gasteiger partial charge in [-0.15, -0.1) is 0 Å². The molecular formula is C20H24N2O5S. The fraction of sp³-hybridized carbons (Fsp3) is 0.350. The third kappa shape index (κ3) is 4.82. The van der Waals surface area contributed by atoms with E-state index in [1.807, 2.05) is 26.0 Å². The maximum Gasteiger partial charge on any atom is 0.262 e. The Balaban J connectivity index is 1.72. The largest absolute Gasteiger partial charge is 0.495 e. The van der Waals surface area contributed by atoms with E-state index in [2.05, 4.69) is 10.0 Å². The molecule has 0 aliphatic heterocycles. The Morgan fingerprint density at radius 3 is 2.57 bits per heavy atom. The molecule has 1 saturated carbocycles. The average Bonchev–Trinajstić information content (AvgIpc) is 3.46. The molecule has 1 amide bonds. The molecule has 0 spiro atoms. The molecule has 3 rings (SSSR count). The highest BCUT2D eigenvalue weighted by molar-refractivity contribution is 7.89. The minimum atomic E-state index is -3.63. The molecule has 0 unspecified atom stereocenters. The number of carbonyl (C=O) groups is 1. The second-order valence-electron chi connectivity index (χ2n) is 6.79. The number of anilines is 1. The van der Waals surface area contributed by atoms with Crippen LogP contribution in [0.4, 0.5) is 5.69 Å². The fourth-order valence-electron chi connectivity index (χ4n) is 2.65. The predicted molar refractivity (Wildman–Crippen MR) is 106 cm³/mol. The fourth-order valence-corrected chi connectivity index (χ4v) is 3.98. The van der Waals surface area contributed by atoms with Gasteiger partial charge in [0.1, 0.15) is 11.5 Å². The van der Waals surface area contributed by atoms with Gasteiger partial charge in [-0.05, 0) is 62.1 Å². The van der Waals surface area contributed by atoms with Gasteiger partial charge in [-0.1, -0.05) is 12.1 Å². The summed E-state index contributed by atoms with van der Waals surface area (Å²) in [7, 11) is -2.18. The Morgan fingerprint density at radius 1 is 1.14 bits per heavy atom. The van der Waals surface area contributed by atoms with Crippen LogP contribution in [-0.4, -0.2) is 34.1 Å². The number of sulfonamides is 1. The smallest absolute Gasteiger partial charge is 0.262 e. The van der Waals surface area contributed by atoms with Crippen molar-refractivity contribution < 1.29 is 22.7 Å². The highest BCUT2D eigenvalue weighted by atomic mass is 32.2. The molecule has 0 aromatic heterocycles. The summed E-state index contributed by atoms with van der Waals surface area (Å²) in [6.45, 7) is 3.69. The van der Waals surface area contributed by atoms with Gasteiger partial charge in [0.25, 0.3) is 5.91 Å². The predicted octanol–water partition coefficient (Wildman–Crippen LogP) is 2.77. The third-order valence-corrected chi connectivity index (χ3v) is 6.09. The second-order valence-corrected chi connectivity index (χ2v) is 8.51. The molecule has 0 radical (unpaired) electrons. The van der Waals surface area contributed by atoms with E-state index in [9.17, 15) is 13.2 Å². The highest BCUT2D eigenvalue weighted by Gasteiger charge is 2.28. The van der Waals surface area contributed by atoms with Crippen molar-refractivity contribution in [1.82, 2.24) is 4.72 Å².